The van der Waals surface area contributed by atoms with Crippen LogP contribution in [0.2, 0.25) is 0 Å². The Morgan fingerprint density at radius 1 is 1.06 bits per heavy atom. The number of urea groups is 1. The third-order valence-corrected chi connectivity index (χ3v) is 4.57. The predicted octanol–water partition coefficient (Wildman–Crippen LogP) is 4.90. The zero-order valence-corrected chi connectivity index (χ0v) is 20.7. The monoisotopic (exact) mass is 494 g/mol. The fourth-order valence-corrected chi connectivity index (χ4v) is 2.90. The van der Waals surface area contributed by atoms with Gasteiger partial charge in [0.15, 0.2) is 12.2 Å². The summed E-state index contributed by atoms with van der Waals surface area (Å²) in [7, 11) is 4.51. The van der Waals surface area contributed by atoms with E-state index in [1.54, 1.807) is 49.7 Å². The number of methoxy groups -OCH3 is 3. The van der Waals surface area contributed by atoms with Crippen molar-refractivity contribution in [2.45, 2.75) is 19.9 Å². The zero-order valence-electron chi connectivity index (χ0n) is 20.7. The van der Waals surface area contributed by atoms with Gasteiger partial charge in [-0.1, -0.05) is 12.1 Å². The van der Waals surface area contributed by atoms with Crippen molar-refractivity contribution in [2.24, 2.45) is 0 Å². The van der Waals surface area contributed by atoms with Crippen molar-refractivity contribution in [1.29, 1.82) is 0 Å². The molecule has 0 unspecified atom stereocenters. The number of hydrogen-bond acceptors (Lipinski definition) is 7. The molecule has 190 valence electrons. The predicted molar refractivity (Wildman–Crippen MR) is 137 cm³/mol. The lowest BCUT2D eigenvalue weighted by molar-refractivity contribution is 0.170. The van der Waals surface area contributed by atoms with Gasteiger partial charge in [-0.25, -0.2) is 14.6 Å². The van der Waals surface area contributed by atoms with Crippen LogP contribution in [0, 0.1) is 11.8 Å². The second-order valence-electron chi connectivity index (χ2n) is 7.07. The van der Waals surface area contributed by atoms with Gasteiger partial charge in [-0.3, -0.25) is 0 Å². The van der Waals surface area contributed by atoms with Crippen molar-refractivity contribution in [3.63, 3.8) is 0 Å². The molecule has 0 bridgehead atoms. The summed E-state index contributed by atoms with van der Waals surface area (Å²) in [6.45, 7) is 2.86. The first-order valence-electron chi connectivity index (χ1n) is 10.9. The van der Waals surface area contributed by atoms with Crippen LogP contribution in [-0.4, -0.2) is 45.0 Å². The Hall–Kier alpha value is -4.49. The number of hydrogen-bond donors (Lipinski definition) is 3. The highest BCUT2D eigenvalue weighted by molar-refractivity contribution is 6.00. The second kappa shape index (κ2) is 15.4. The highest BCUT2D eigenvalue weighted by atomic mass is 16.5. The maximum atomic E-state index is 12.3. The molecule has 0 saturated heterocycles. The Morgan fingerprint density at radius 2 is 1.83 bits per heavy atom. The maximum absolute atomic E-state index is 12.3. The van der Waals surface area contributed by atoms with Crippen molar-refractivity contribution in [1.82, 2.24) is 10.3 Å². The number of amides is 3. The molecule has 3 amide bonds. The van der Waals surface area contributed by atoms with Crippen molar-refractivity contribution in [2.75, 3.05) is 38.6 Å². The molecule has 1 heterocycles. The molecule has 3 aromatic rings. The Balaban J connectivity index is 0.000000572. The smallest absolute Gasteiger partial charge is 0.407 e. The highest BCUT2D eigenvalue weighted by Gasteiger charge is 2.11. The SMILES string of the molecule is CC#CCCOC.COC(=O)NCc1cccc(NC(=O)Nc2ccc(-c3cnco3)c(OC)c2)c1. The lowest BCUT2D eigenvalue weighted by Crippen LogP contribution is -2.22. The lowest BCUT2D eigenvalue weighted by Gasteiger charge is -2.12. The quantitative estimate of drug-likeness (QED) is 0.301. The number of rotatable bonds is 8. The van der Waals surface area contributed by atoms with Gasteiger partial charge < -0.3 is 34.6 Å². The van der Waals surface area contributed by atoms with Crippen LogP contribution in [0.25, 0.3) is 11.3 Å². The van der Waals surface area contributed by atoms with E-state index in [1.165, 1.54) is 20.6 Å². The van der Waals surface area contributed by atoms with Crippen LogP contribution in [0.15, 0.2) is 59.5 Å². The van der Waals surface area contributed by atoms with Crippen LogP contribution in [0.1, 0.15) is 18.9 Å². The van der Waals surface area contributed by atoms with Crippen molar-refractivity contribution in [3.05, 3.63) is 60.6 Å². The second-order valence-corrected chi connectivity index (χ2v) is 7.07. The number of carbonyl (C=O) groups is 2. The number of benzene rings is 2. The number of carbonyl (C=O) groups excluding carboxylic acids is 2. The fourth-order valence-electron chi connectivity index (χ4n) is 2.90. The summed E-state index contributed by atoms with van der Waals surface area (Å²) in [6.07, 6.45) is 3.25. The Bertz CT molecular complexity index is 1170. The molecule has 0 fully saturated rings. The molecule has 0 saturated carbocycles. The summed E-state index contributed by atoms with van der Waals surface area (Å²) in [4.78, 5) is 27.4. The van der Waals surface area contributed by atoms with Crippen LogP contribution >= 0.6 is 0 Å². The molecular formula is C26H30N4O6. The minimum absolute atomic E-state index is 0.282. The number of ether oxygens (including phenoxy) is 3. The molecule has 3 rings (SSSR count). The first kappa shape index (κ1) is 27.8. The van der Waals surface area contributed by atoms with Crippen LogP contribution in [0.3, 0.4) is 0 Å². The molecule has 0 spiro atoms. The summed E-state index contributed by atoms with van der Waals surface area (Å²) >= 11 is 0. The van der Waals surface area contributed by atoms with Crippen LogP contribution in [0.5, 0.6) is 5.75 Å². The van der Waals surface area contributed by atoms with Gasteiger partial charge >= 0.3 is 12.1 Å². The van der Waals surface area contributed by atoms with Gasteiger partial charge in [0.25, 0.3) is 0 Å². The van der Waals surface area contributed by atoms with E-state index in [9.17, 15) is 9.59 Å². The molecule has 36 heavy (non-hydrogen) atoms. The summed E-state index contributed by atoms with van der Waals surface area (Å²) in [5.74, 6) is 6.75. The lowest BCUT2D eigenvalue weighted by atomic mass is 10.1. The van der Waals surface area contributed by atoms with E-state index in [0.717, 1.165) is 24.2 Å². The van der Waals surface area contributed by atoms with Gasteiger partial charge in [-0.15, -0.1) is 11.8 Å². The molecule has 0 aliphatic rings. The van der Waals surface area contributed by atoms with Gasteiger partial charge in [0.2, 0.25) is 0 Å². The van der Waals surface area contributed by atoms with Crippen LogP contribution < -0.4 is 20.7 Å². The topological polar surface area (TPSA) is 124 Å². The van der Waals surface area contributed by atoms with Gasteiger partial charge in [0.05, 0.1) is 32.6 Å². The summed E-state index contributed by atoms with van der Waals surface area (Å²) in [5, 5.41) is 8.08. The molecule has 0 radical (unpaired) electrons. The normalized spacial score (nSPS) is 9.56. The molecule has 1 aromatic heterocycles. The number of nitrogens with one attached hydrogen (secondary N) is 3. The fraction of sp³-hybridized carbons (Fsp3) is 0.269. The minimum Gasteiger partial charge on any atom is -0.496 e. The summed E-state index contributed by atoms with van der Waals surface area (Å²) in [5.41, 5.74) is 2.66. The zero-order chi connectivity index (χ0) is 26.2. The van der Waals surface area contributed by atoms with Crippen LogP contribution in [0.4, 0.5) is 21.0 Å². The number of nitrogens with zero attached hydrogens (tertiary/aromatic N) is 1. The van der Waals surface area contributed by atoms with Crippen molar-refractivity contribution < 1.29 is 28.2 Å². The first-order chi connectivity index (χ1) is 17.5. The summed E-state index contributed by atoms with van der Waals surface area (Å²) < 4.78 is 19.9. The average molecular weight is 495 g/mol. The molecule has 0 aliphatic carbocycles. The van der Waals surface area contributed by atoms with Gasteiger partial charge in [-0.05, 0) is 36.8 Å². The van der Waals surface area contributed by atoms with E-state index in [-0.39, 0.29) is 6.54 Å². The molecule has 0 atom stereocenters. The van der Waals surface area contributed by atoms with E-state index in [0.29, 0.717) is 22.9 Å². The van der Waals surface area contributed by atoms with Crippen molar-refractivity contribution >= 4 is 23.5 Å². The molecule has 0 aliphatic heterocycles. The van der Waals surface area contributed by atoms with Gasteiger partial charge in [0.1, 0.15) is 5.75 Å². The van der Waals surface area contributed by atoms with E-state index < -0.39 is 12.1 Å². The third-order valence-electron chi connectivity index (χ3n) is 4.57. The van der Waals surface area contributed by atoms with Gasteiger partial charge in [0, 0.05) is 37.5 Å². The standard InChI is InChI=1S/C20H20N4O5.C6H10O/c1-27-17-9-15(6-7-16(17)18-11-21-12-29-18)24-19(25)23-14-5-3-4-13(8-14)10-22-20(26)28-2;1-3-4-5-6-7-2/h3-9,11-12H,10H2,1-2H3,(H,22,26)(H2,23,24,25);5-6H2,1-2H3. The van der Waals surface area contributed by atoms with Crippen molar-refractivity contribution in [3.8, 4) is 28.9 Å². The molecule has 10 nitrogen and oxygen atoms in total. The molecule has 3 N–H and O–H groups in total. The number of anilines is 2. The Kier molecular flexibility index (Phi) is 11.9. The molecule has 2 aromatic carbocycles. The van der Waals surface area contributed by atoms with E-state index >= 15 is 0 Å². The maximum Gasteiger partial charge on any atom is 0.407 e. The third kappa shape index (κ3) is 9.40. The van der Waals surface area contributed by atoms with E-state index in [1.807, 2.05) is 13.0 Å². The average Bonchev–Trinajstić information content (AvgIpc) is 3.43. The summed E-state index contributed by atoms with van der Waals surface area (Å²) in [6, 6.07) is 11.9. The number of alkyl carbamates (subject to hydrolysis) is 1. The van der Waals surface area contributed by atoms with Crippen LogP contribution in [-0.2, 0) is 16.0 Å². The van der Waals surface area contributed by atoms with E-state index in [4.69, 9.17) is 13.9 Å². The number of oxazole rings is 1. The molecule has 10 heteroatoms. The largest absolute Gasteiger partial charge is 0.496 e. The Labute approximate surface area is 210 Å². The highest BCUT2D eigenvalue weighted by Crippen LogP contribution is 2.32. The Morgan fingerprint density at radius 3 is 2.47 bits per heavy atom. The van der Waals surface area contributed by atoms with Gasteiger partial charge in [-0.2, -0.15) is 0 Å². The number of aromatic nitrogens is 1. The first-order valence-corrected chi connectivity index (χ1v) is 10.9. The van der Waals surface area contributed by atoms with E-state index in [2.05, 4.69) is 37.5 Å². The minimum atomic E-state index is -0.524. The molecular weight excluding hydrogens is 464 g/mol.